The van der Waals surface area contributed by atoms with Gasteiger partial charge in [0.25, 0.3) is 0 Å². The highest BCUT2D eigenvalue weighted by Gasteiger charge is 2.38. The van der Waals surface area contributed by atoms with Crippen LogP contribution in [-0.4, -0.2) is 23.4 Å². The number of halogens is 4. The molecule has 11 heavy (non-hydrogen) atoms. The summed E-state index contributed by atoms with van der Waals surface area (Å²) in [6, 6.07) is 0. The molecule has 0 rings (SSSR count). The second-order valence-electron chi connectivity index (χ2n) is 1.64. The van der Waals surface area contributed by atoms with Crippen molar-refractivity contribution in [3.8, 4) is 0 Å². The molecule has 0 aliphatic rings. The molecule has 0 aromatic rings. The minimum absolute atomic E-state index is 0.0671. The summed E-state index contributed by atoms with van der Waals surface area (Å²) >= 11 is 0. The lowest BCUT2D eigenvalue weighted by molar-refractivity contribution is -0.166. The molecule has 2 nitrogen and oxygen atoms in total. The Kier molecular flexibility index (Phi) is 3.03. The third-order valence-corrected chi connectivity index (χ3v) is 0.720. The van der Waals surface area contributed by atoms with Crippen LogP contribution in [0.25, 0.3) is 0 Å². The maximum Gasteiger partial charge on any atom is 0.423 e. The Hall–Kier alpha value is -1.07. The summed E-state index contributed by atoms with van der Waals surface area (Å²) in [6.45, 7) is 0. The molecule has 0 saturated heterocycles. The van der Waals surface area contributed by atoms with Crippen molar-refractivity contribution in [3.05, 3.63) is 12.2 Å². The zero-order valence-electron chi connectivity index (χ0n) is 5.10. The van der Waals surface area contributed by atoms with E-state index in [9.17, 15) is 22.4 Å². The zero-order valence-corrected chi connectivity index (χ0v) is 5.10. The minimum Gasteiger partial charge on any atom is -0.478 e. The van der Waals surface area contributed by atoms with Crippen LogP contribution < -0.4 is 0 Å². The fourth-order valence-corrected chi connectivity index (χ4v) is 0.276. The first-order valence-corrected chi connectivity index (χ1v) is 2.46. The molecule has 1 unspecified atom stereocenters. The van der Waals surface area contributed by atoms with Gasteiger partial charge in [0, 0.05) is 6.08 Å². The quantitative estimate of drug-likeness (QED) is 0.506. The maximum atomic E-state index is 11.8. The van der Waals surface area contributed by atoms with Gasteiger partial charge in [-0.1, -0.05) is 0 Å². The molecule has 1 N–H and O–H groups in total. The number of hydrogen-bond donors (Lipinski definition) is 1. The summed E-state index contributed by atoms with van der Waals surface area (Å²) in [5.41, 5.74) is 0. The average molecular weight is 172 g/mol. The van der Waals surface area contributed by atoms with E-state index in [0.717, 1.165) is 0 Å². The van der Waals surface area contributed by atoms with E-state index in [2.05, 4.69) is 0 Å². The Morgan fingerprint density at radius 2 is 1.91 bits per heavy atom. The molecule has 0 aliphatic carbocycles. The number of carboxylic acids is 1. The average Bonchev–Trinajstić information content (AvgIpc) is 1.80. The van der Waals surface area contributed by atoms with Crippen LogP contribution in [0.5, 0.6) is 0 Å². The summed E-state index contributed by atoms with van der Waals surface area (Å²) in [5.74, 6) is -1.61. The van der Waals surface area contributed by atoms with Crippen LogP contribution in [0, 0.1) is 0 Å². The van der Waals surface area contributed by atoms with Gasteiger partial charge >= 0.3 is 12.1 Å². The summed E-state index contributed by atoms with van der Waals surface area (Å²) in [6.07, 6.45) is -8.19. The molecule has 64 valence electrons. The number of carbonyl (C=O) groups is 1. The number of aliphatic carboxylic acids is 1. The normalized spacial score (nSPS) is 15.3. The number of allylic oxidation sites excluding steroid dienone is 1. The van der Waals surface area contributed by atoms with Crippen molar-refractivity contribution in [2.24, 2.45) is 0 Å². The SMILES string of the molecule is O=C(O)/C=C/C(F)C(F)(F)F. The highest BCUT2D eigenvalue weighted by molar-refractivity contribution is 5.79. The Morgan fingerprint density at radius 3 is 2.18 bits per heavy atom. The smallest absolute Gasteiger partial charge is 0.423 e. The van der Waals surface area contributed by atoms with Crippen molar-refractivity contribution in [1.29, 1.82) is 0 Å². The van der Waals surface area contributed by atoms with Crippen molar-refractivity contribution in [2.75, 3.05) is 0 Å². The molecule has 0 aliphatic heterocycles. The van der Waals surface area contributed by atoms with Gasteiger partial charge in [0.2, 0.25) is 6.17 Å². The predicted molar refractivity (Wildman–Crippen MR) is 27.7 cm³/mol. The molecule has 0 bridgehead atoms. The first-order valence-electron chi connectivity index (χ1n) is 2.46. The second-order valence-corrected chi connectivity index (χ2v) is 1.64. The highest BCUT2D eigenvalue weighted by atomic mass is 19.4. The standard InChI is InChI=1S/C5H4F4O2/c6-3(5(7,8)9)1-2-4(10)11/h1-3H,(H,10,11)/b2-1+. The van der Waals surface area contributed by atoms with Gasteiger partial charge in [0.15, 0.2) is 0 Å². The molecule has 0 fully saturated rings. The summed E-state index contributed by atoms with van der Waals surface area (Å²) in [7, 11) is 0. The van der Waals surface area contributed by atoms with Gasteiger partial charge in [-0.3, -0.25) is 0 Å². The Labute approximate surface area is 59.1 Å². The topological polar surface area (TPSA) is 37.3 Å². The van der Waals surface area contributed by atoms with Crippen molar-refractivity contribution >= 4 is 5.97 Å². The van der Waals surface area contributed by atoms with E-state index in [1.165, 1.54) is 0 Å². The molecular weight excluding hydrogens is 168 g/mol. The van der Waals surface area contributed by atoms with Crippen LogP contribution >= 0.6 is 0 Å². The molecule has 1 atom stereocenters. The van der Waals surface area contributed by atoms with Gasteiger partial charge < -0.3 is 5.11 Å². The molecule has 6 heteroatoms. The van der Waals surface area contributed by atoms with Crippen molar-refractivity contribution < 1.29 is 27.5 Å². The van der Waals surface area contributed by atoms with E-state index in [1.807, 2.05) is 0 Å². The summed E-state index contributed by atoms with van der Waals surface area (Å²) in [4.78, 5) is 9.61. The Bertz CT molecular complexity index is 172. The van der Waals surface area contributed by atoms with E-state index < -0.39 is 18.3 Å². The van der Waals surface area contributed by atoms with E-state index in [4.69, 9.17) is 5.11 Å². The van der Waals surface area contributed by atoms with Crippen LogP contribution in [0.1, 0.15) is 0 Å². The largest absolute Gasteiger partial charge is 0.478 e. The molecule has 0 aromatic heterocycles. The second kappa shape index (κ2) is 3.36. The first-order chi connectivity index (χ1) is 4.84. The zero-order chi connectivity index (χ0) is 9.07. The van der Waals surface area contributed by atoms with Gasteiger partial charge in [-0.2, -0.15) is 13.2 Å². The summed E-state index contributed by atoms with van der Waals surface area (Å²) in [5, 5.41) is 7.81. The maximum absolute atomic E-state index is 11.8. The monoisotopic (exact) mass is 172 g/mol. The lowest BCUT2D eigenvalue weighted by Crippen LogP contribution is -2.22. The van der Waals surface area contributed by atoms with Crippen LogP contribution in [-0.2, 0) is 4.79 Å². The fourth-order valence-electron chi connectivity index (χ4n) is 0.276. The fraction of sp³-hybridized carbons (Fsp3) is 0.400. The van der Waals surface area contributed by atoms with Crippen molar-refractivity contribution in [2.45, 2.75) is 12.3 Å². The van der Waals surface area contributed by atoms with Crippen LogP contribution in [0.4, 0.5) is 17.6 Å². The highest BCUT2D eigenvalue weighted by Crippen LogP contribution is 2.23. The van der Waals surface area contributed by atoms with E-state index >= 15 is 0 Å². The number of alkyl halides is 4. The Balaban J connectivity index is 4.07. The lowest BCUT2D eigenvalue weighted by atomic mass is 10.3. The number of carboxylic acid groups (broad SMARTS) is 1. The third kappa shape index (κ3) is 4.35. The van der Waals surface area contributed by atoms with E-state index in [1.54, 1.807) is 0 Å². The van der Waals surface area contributed by atoms with Gasteiger partial charge in [-0.25, -0.2) is 9.18 Å². The lowest BCUT2D eigenvalue weighted by Gasteiger charge is -2.06. The number of hydrogen-bond acceptors (Lipinski definition) is 1. The van der Waals surface area contributed by atoms with Gasteiger partial charge in [0.1, 0.15) is 0 Å². The Morgan fingerprint density at radius 1 is 1.45 bits per heavy atom. The van der Waals surface area contributed by atoms with E-state index in [0.29, 0.717) is 0 Å². The van der Waals surface area contributed by atoms with Crippen LogP contribution in [0.3, 0.4) is 0 Å². The van der Waals surface area contributed by atoms with Crippen molar-refractivity contribution in [3.63, 3.8) is 0 Å². The molecule has 0 heterocycles. The van der Waals surface area contributed by atoms with E-state index in [-0.39, 0.29) is 12.2 Å². The first kappa shape index (κ1) is 9.93. The van der Waals surface area contributed by atoms with Crippen molar-refractivity contribution in [1.82, 2.24) is 0 Å². The van der Waals surface area contributed by atoms with Crippen LogP contribution in [0.2, 0.25) is 0 Å². The predicted octanol–water partition coefficient (Wildman–Crippen LogP) is 1.53. The molecule has 0 saturated carbocycles. The molecule has 0 amide bonds. The third-order valence-electron chi connectivity index (χ3n) is 0.720. The van der Waals surface area contributed by atoms with Gasteiger partial charge in [0.05, 0.1) is 0 Å². The minimum atomic E-state index is -5.02. The molecule has 0 radical (unpaired) electrons. The molecule has 0 aromatic carbocycles. The van der Waals surface area contributed by atoms with Gasteiger partial charge in [-0.05, 0) is 6.08 Å². The number of rotatable bonds is 2. The van der Waals surface area contributed by atoms with Gasteiger partial charge in [-0.15, -0.1) is 0 Å². The molecule has 0 spiro atoms. The van der Waals surface area contributed by atoms with Crippen LogP contribution in [0.15, 0.2) is 12.2 Å². The summed E-state index contributed by atoms with van der Waals surface area (Å²) < 4.78 is 45.6. The molecular formula is C5H4F4O2.